The van der Waals surface area contributed by atoms with E-state index in [1.807, 2.05) is 24.3 Å². The van der Waals surface area contributed by atoms with Gasteiger partial charge in [-0.25, -0.2) is 9.97 Å². The van der Waals surface area contributed by atoms with E-state index in [4.69, 9.17) is 9.97 Å². The van der Waals surface area contributed by atoms with Crippen LogP contribution in [-0.4, -0.2) is 19.1 Å². The molecule has 0 saturated heterocycles. The summed E-state index contributed by atoms with van der Waals surface area (Å²) in [6.45, 7) is 6.44. The molecule has 0 amide bonds. The fourth-order valence-electron chi connectivity index (χ4n) is 8.45. The van der Waals surface area contributed by atoms with Crippen LogP contribution in [0.3, 0.4) is 0 Å². The van der Waals surface area contributed by atoms with Crippen LogP contribution < -0.4 is 0 Å². The van der Waals surface area contributed by atoms with E-state index in [-0.39, 0.29) is 0 Å². The summed E-state index contributed by atoms with van der Waals surface area (Å²) >= 11 is 1.76. The van der Waals surface area contributed by atoms with Crippen molar-refractivity contribution in [2.24, 2.45) is 0 Å². The molecule has 0 atom stereocenters. The average molecular weight is 735 g/mol. The topological polar surface area (TPSA) is 35.6 Å². The third-order valence-corrected chi connectivity index (χ3v) is 12.3. The van der Waals surface area contributed by atoms with Crippen molar-refractivity contribution in [3.8, 4) is 45.1 Å². The summed E-state index contributed by atoms with van der Waals surface area (Å²) in [6, 6.07) is 60.6. The number of para-hydroxylation sites is 1. The molecule has 0 aliphatic rings. The molecule has 0 fully saturated rings. The van der Waals surface area contributed by atoms with Crippen molar-refractivity contribution < 1.29 is 0 Å². The largest absolute Gasteiger partial charge is 0.310 e. The minimum absolute atomic E-state index is 0.721. The van der Waals surface area contributed by atoms with E-state index in [2.05, 4.69) is 174 Å². The van der Waals surface area contributed by atoms with Crippen LogP contribution in [0.5, 0.6) is 0 Å². The Balaban J connectivity index is 1.12. The number of thiophene rings is 1. The molecule has 4 nitrogen and oxygen atoms in total. The molecule has 0 N–H and O–H groups in total. The standard InChI is InChI=1S/C51H34N4S/c1-3-43-32(2)39-27-25-37(31-46(39)54(43)38-20-14-19-35(29-38)33-15-6-4-7-16-33)36-26-28-45-42(30-36)40-21-10-12-23-44(40)55(45)51-49-48(41-22-11-13-24-47(41)56-49)52-50(53-51)34-17-8-5-9-18-34/h3-31H,1H2,2H3. The van der Waals surface area contributed by atoms with Gasteiger partial charge in [-0.05, 0) is 83.3 Å². The van der Waals surface area contributed by atoms with Crippen molar-refractivity contribution in [2.45, 2.75) is 6.92 Å². The molecular formula is C51H34N4S. The molecule has 0 saturated carbocycles. The zero-order valence-corrected chi connectivity index (χ0v) is 31.5. The van der Waals surface area contributed by atoms with Gasteiger partial charge in [0.15, 0.2) is 11.6 Å². The van der Waals surface area contributed by atoms with E-state index in [0.29, 0.717) is 0 Å². The van der Waals surface area contributed by atoms with Gasteiger partial charge in [-0.1, -0.05) is 134 Å². The predicted molar refractivity (Wildman–Crippen MR) is 237 cm³/mol. The SMILES string of the molecule is C=Cc1c(C)c2ccc(-c3ccc4c(c3)c3ccccc3n4-c3nc(-c4ccccc4)nc4c3sc3ccccc34)cc2n1-c1cccc(-c2ccccc2)c1. The molecule has 0 bridgehead atoms. The van der Waals surface area contributed by atoms with Crippen molar-refractivity contribution in [1.29, 1.82) is 0 Å². The second-order valence-electron chi connectivity index (χ2n) is 14.3. The van der Waals surface area contributed by atoms with E-state index in [1.54, 1.807) is 11.3 Å². The van der Waals surface area contributed by atoms with Gasteiger partial charge in [0.05, 0.1) is 26.8 Å². The Kier molecular flexibility index (Phi) is 7.37. The van der Waals surface area contributed by atoms with Crippen LogP contribution in [0, 0.1) is 6.92 Å². The molecule has 56 heavy (non-hydrogen) atoms. The van der Waals surface area contributed by atoms with Crippen LogP contribution in [0.4, 0.5) is 0 Å². The maximum Gasteiger partial charge on any atom is 0.162 e. The van der Waals surface area contributed by atoms with Gasteiger partial charge in [-0.2, -0.15) is 0 Å². The number of hydrogen-bond donors (Lipinski definition) is 0. The third-order valence-electron chi connectivity index (χ3n) is 11.1. The monoisotopic (exact) mass is 734 g/mol. The first kappa shape index (κ1) is 32.4. The summed E-state index contributed by atoms with van der Waals surface area (Å²) < 4.78 is 6.98. The van der Waals surface area contributed by atoms with Gasteiger partial charge in [0.2, 0.25) is 0 Å². The molecule has 4 aromatic heterocycles. The zero-order valence-electron chi connectivity index (χ0n) is 30.6. The van der Waals surface area contributed by atoms with Gasteiger partial charge in [-0.3, -0.25) is 4.57 Å². The van der Waals surface area contributed by atoms with E-state index < -0.39 is 0 Å². The molecule has 11 rings (SSSR count). The smallest absolute Gasteiger partial charge is 0.162 e. The number of hydrogen-bond acceptors (Lipinski definition) is 3. The third kappa shape index (κ3) is 4.98. The van der Waals surface area contributed by atoms with Gasteiger partial charge in [-0.15, -0.1) is 11.3 Å². The van der Waals surface area contributed by atoms with Crippen LogP contribution in [0.1, 0.15) is 11.3 Å². The van der Waals surface area contributed by atoms with E-state index in [1.165, 1.54) is 37.5 Å². The van der Waals surface area contributed by atoms with Crippen molar-refractivity contribution in [3.05, 3.63) is 188 Å². The Morgan fingerprint density at radius 3 is 1.98 bits per heavy atom. The van der Waals surface area contributed by atoms with Crippen molar-refractivity contribution >= 4 is 70.4 Å². The lowest BCUT2D eigenvalue weighted by Gasteiger charge is -2.12. The van der Waals surface area contributed by atoms with E-state index >= 15 is 0 Å². The van der Waals surface area contributed by atoms with Gasteiger partial charge >= 0.3 is 0 Å². The first-order valence-electron chi connectivity index (χ1n) is 18.9. The molecule has 0 aliphatic carbocycles. The van der Waals surface area contributed by atoms with Crippen molar-refractivity contribution in [3.63, 3.8) is 0 Å². The van der Waals surface area contributed by atoms with Gasteiger partial charge in [0.1, 0.15) is 0 Å². The summed E-state index contributed by atoms with van der Waals surface area (Å²) in [7, 11) is 0. The second kappa shape index (κ2) is 12.8. The Labute approximate surface area is 327 Å². The fourth-order valence-corrected chi connectivity index (χ4v) is 9.57. The lowest BCUT2D eigenvalue weighted by molar-refractivity contribution is 1.08. The van der Waals surface area contributed by atoms with Gasteiger partial charge in [0, 0.05) is 43.2 Å². The Hall–Kier alpha value is -7.08. The van der Waals surface area contributed by atoms with E-state index in [9.17, 15) is 0 Å². The summed E-state index contributed by atoms with van der Waals surface area (Å²) in [5.41, 5.74) is 13.5. The molecule has 7 aromatic carbocycles. The summed E-state index contributed by atoms with van der Waals surface area (Å²) in [5.74, 6) is 1.62. The van der Waals surface area contributed by atoms with Crippen LogP contribution in [0.2, 0.25) is 0 Å². The van der Waals surface area contributed by atoms with E-state index in [0.717, 1.165) is 71.9 Å². The van der Waals surface area contributed by atoms with Crippen LogP contribution >= 0.6 is 11.3 Å². The van der Waals surface area contributed by atoms with Crippen LogP contribution in [0.25, 0.3) is 104 Å². The lowest BCUT2D eigenvalue weighted by atomic mass is 10.0. The lowest BCUT2D eigenvalue weighted by Crippen LogP contribution is -2.01. The maximum absolute atomic E-state index is 5.36. The average Bonchev–Trinajstić information content (AvgIpc) is 3.90. The van der Waals surface area contributed by atoms with Crippen LogP contribution in [-0.2, 0) is 0 Å². The fraction of sp³-hybridized carbons (Fsp3) is 0.0196. The minimum atomic E-state index is 0.721. The molecule has 264 valence electrons. The Morgan fingerprint density at radius 1 is 0.500 bits per heavy atom. The predicted octanol–water partition coefficient (Wildman–Crippen LogP) is 13.8. The van der Waals surface area contributed by atoms with Crippen molar-refractivity contribution in [1.82, 2.24) is 19.1 Å². The highest BCUT2D eigenvalue weighted by atomic mass is 32.1. The molecule has 4 heterocycles. The van der Waals surface area contributed by atoms with Gasteiger partial charge < -0.3 is 4.57 Å². The first-order valence-corrected chi connectivity index (χ1v) is 19.7. The first-order chi connectivity index (χ1) is 27.6. The summed E-state index contributed by atoms with van der Waals surface area (Å²) in [5, 5.41) is 4.74. The highest BCUT2D eigenvalue weighted by molar-refractivity contribution is 7.26. The summed E-state index contributed by atoms with van der Waals surface area (Å²) in [6.07, 6.45) is 1.98. The maximum atomic E-state index is 5.36. The summed E-state index contributed by atoms with van der Waals surface area (Å²) in [4.78, 5) is 10.5. The van der Waals surface area contributed by atoms with Crippen molar-refractivity contribution in [2.75, 3.05) is 0 Å². The molecule has 0 spiro atoms. The number of fused-ring (bicyclic) bond motifs is 7. The zero-order chi connectivity index (χ0) is 37.3. The minimum Gasteiger partial charge on any atom is -0.310 e. The molecule has 0 unspecified atom stereocenters. The number of nitrogens with zero attached hydrogens (tertiary/aromatic N) is 4. The molecule has 11 aromatic rings. The quantitative estimate of drug-likeness (QED) is 0.170. The number of aromatic nitrogens is 4. The Morgan fingerprint density at radius 2 is 1.16 bits per heavy atom. The second-order valence-corrected chi connectivity index (χ2v) is 15.3. The highest BCUT2D eigenvalue weighted by Crippen LogP contribution is 2.42. The normalized spacial score (nSPS) is 11.7. The van der Waals surface area contributed by atoms with Crippen LogP contribution in [0.15, 0.2) is 176 Å². The molecule has 0 aliphatic heterocycles. The molecule has 0 radical (unpaired) electrons. The molecular weight excluding hydrogens is 701 g/mol. The number of benzene rings is 7. The van der Waals surface area contributed by atoms with Gasteiger partial charge in [0.25, 0.3) is 0 Å². The highest BCUT2D eigenvalue weighted by Gasteiger charge is 2.21. The number of aryl methyl sites for hydroxylation is 1. The number of rotatable bonds is 6. The Bertz CT molecular complexity index is 3330. The molecule has 5 heteroatoms.